The van der Waals surface area contributed by atoms with Crippen LogP contribution in [0, 0.1) is 0 Å². The van der Waals surface area contributed by atoms with E-state index < -0.39 is 5.97 Å². The van der Waals surface area contributed by atoms with Gasteiger partial charge >= 0.3 is 5.97 Å². The second kappa shape index (κ2) is 5.40. The van der Waals surface area contributed by atoms with E-state index >= 15 is 0 Å². The lowest BCUT2D eigenvalue weighted by Gasteiger charge is -2.17. The van der Waals surface area contributed by atoms with Gasteiger partial charge < -0.3 is 10.4 Å². The van der Waals surface area contributed by atoms with E-state index in [0.29, 0.717) is 17.4 Å². The Kier molecular flexibility index (Phi) is 3.61. The van der Waals surface area contributed by atoms with E-state index in [1.807, 2.05) is 6.92 Å². The number of anilines is 1. The summed E-state index contributed by atoms with van der Waals surface area (Å²) in [5, 5.41) is 12.6. The number of hydrogen-bond acceptors (Lipinski definition) is 4. The van der Waals surface area contributed by atoms with E-state index in [2.05, 4.69) is 15.2 Å². The third-order valence-corrected chi connectivity index (χ3v) is 4.12. The lowest BCUT2D eigenvalue weighted by Crippen LogP contribution is -2.28. The van der Waals surface area contributed by atoms with Crippen molar-refractivity contribution >= 4 is 11.8 Å². The Labute approximate surface area is 119 Å². The summed E-state index contributed by atoms with van der Waals surface area (Å²) in [6.45, 7) is 4.18. The molecular weight excluding hydrogens is 254 g/mol. The lowest BCUT2D eigenvalue weighted by molar-refractivity contribution is 0.0696. The van der Waals surface area contributed by atoms with Gasteiger partial charge in [0, 0.05) is 30.9 Å². The van der Waals surface area contributed by atoms with Crippen LogP contribution in [-0.4, -0.2) is 46.1 Å². The number of nitrogens with zero attached hydrogens (tertiary/aromatic N) is 2. The molecule has 20 heavy (non-hydrogen) atoms. The summed E-state index contributed by atoms with van der Waals surface area (Å²) in [4.78, 5) is 18.2. The minimum atomic E-state index is -0.892. The van der Waals surface area contributed by atoms with Crippen LogP contribution in [0.2, 0.25) is 0 Å². The normalized spacial score (nSPS) is 22.9. The van der Waals surface area contributed by atoms with E-state index in [-0.39, 0.29) is 0 Å². The van der Waals surface area contributed by atoms with Gasteiger partial charge in [0.05, 0.1) is 5.56 Å². The smallest absolute Gasteiger partial charge is 0.335 e. The highest BCUT2D eigenvalue weighted by atomic mass is 16.4. The van der Waals surface area contributed by atoms with E-state index in [1.54, 1.807) is 12.1 Å². The fraction of sp³-hybridized carbons (Fsp3) is 0.600. The lowest BCUT2D eigenvalue weighted by atomic mass is 10.2. The summed E-state index contributed by atoms with van der Waals surface area (Å²) in [5.74, 6) is -0.194. The largest absolute Gasteiger partial charge is 0.478 e. The molecule has 1 saturated carbocycles. The molecule has 1 unspecified atom stereocenters. The first-order valence-electron chi connectivity index (χ1n) is 7.40. The predicted octanol–water partition coefficient (Wildman–Crippen LogP) is 1.99. The second-order valence-electron chi connectivity index (χ2n) is 5.75. The quantitative estimate of drug-likeness (QED) is 0.860. The molecule has 1 aliphatic heterocycles. The minimum Gasteiger partial charge on any atom is -0.478 e. The van der Waals surface area contributed by atoms with Crippen LogP contribution in [0.3, 0.4) is 0 Å². The van der Waals surface area contributed by atoms with Gasteiger partial charge in [0.2, 0.25) is 0 Å². The Morgan fingerprint density at radius 2 is 2.25 bits per heavy atom. The van der Waals surface area contributed by atoms with Crippen molar-refractivity contribution < 1.29 is 9.90 Å². The summed E-state index contributed by atoms with van der Waals surface area (Å²) in [7, 11) is 0. The van der Waals surface area contributed by atoms with Crippen LogP contribution in [0.15, 0.2) is 12.1 Å². The molecule has 0 bridgehead atoms. The standard InChI is InChI=1S/C15H21N3O2/c1-2-11-7-10(15(19)20)8-14(16-11)17-12-5-6-18(9-12)13-3-4-13/h7-8,12-13H,2-6,9H2,1H3,(H,16,17)(H,19,20). The molecule has 0 spiro atoms. The molecule has 5 nitrogen and oxygen atoms in total. The van der Waals surface area contributed by atoms with Crippen molar-refractivity contribution in [3.8, 4) is 0 Å². The molecule has 5 heteroatoms. The fourth-order valence-electron chi connectivity index (χ4n) is 2.85. The Hall–Kier alpha value is -1.62. The van der Waals surface area contributed by atoms with Crippen LogP contribution in [0.1, 0.15) is 42.2 Å². The number of aromatic nitrogens is 1. The molecule has 2 N–H and O–H groups in total. The molecule has 0 radical (unpaired) electrons. The molecule has 108 valence electrons. The van der Waals surface area contributed by atoms with Crippen LogP contribution < -0.4 is 5.32 Å². The third-order valence-electron chi connectivity index (χ3n) is 4.12. The maximum Gasteiger partial charge on any atom is 0.335 e. The fourth-order valence-corrected chi connectivity index (χ4v) is 2.85. The minimum absolute atomic E-state index is 0.316. The number of aromatic carboxylic acids is 1. The molecule has 1 saturated heterocycles. The molecule has 2 fully saturated rings. The van der Waals surface area contributed by atoms with Gasteiger partial charge in [-0.2, -0.15) is 0 Å². The van der Waals surface area contributed by atoms with Crippen molar-refractivity contribution in [2.24, 2.45) is 0 Å². The Morgan fingerprint density at radius 3 is 2.90 bits per heavy atom. The predicted molar refractivity (Wildman–Crippen MR) is 77.2 cm³/mol. The van der Waals surface area contributed by atoms with Crippen molar-refractivity contribution in [3.63, 3.8) is 0 Å². The van der Waals surface area contributed by atoms with E-state index in [1.165, 1.54) is 12.8 Å². The van der Waals surface area contributed by atoms with Crippen molar-refractivity contribution in [2.45, 2.75) is 44.7 Å². The van der Waals surface area contributed by atoms with Crippen LogP contribution in [-0.2, 0) is 6.42 Å². The summed E-state index contributed by atoms with van der Waals surface area (Å²) in [5.41, 5.74) is 1.14. The van der Waals surface area contributed by atoms with Gasteiger partial charge in [0.1, 0.15) is 5.82 Å². The SMILES string of the molecule is CCc1cc(C(=O)O)cc(NC2CCN(C3CC3)C2)n1. The van der Waals surface area contributed by atoms with Crippen molar-refractivity contribution in [1.29, 1.82) is 0 Å². The highest BCUT2D eigenvalue weighted by Gasteiger charge is 2.34. The zero-order valence-electron chi connectivity index (χ0n) is 11.8. The number of hydrogen-bond donors (Lipinski definition) is 2. The van der Waals surface area contributed by atoms with Gasteiger partial charge in [-0.1, -0.05) is 6.92 Å². The van der Waals surface area contributed by atoms with E-state index in [9.17, 15) is 4.79 Å². The number of rotatable bonds is 5. The van der Waals surface area contributed by atoms with Crippen molar-refractivity contribution in [1.82, 2.24) is 9.88 Å². The first-order chi connectivity index (χ1) is 9.65. The maximum atomic E-state index is 11.1. The molecule has 1 aliphatic carbocycles. The molecule has 1 aromatic rings. The Morgan fingerprint density at radius 1 is 1.45 bits per heavy atom. The molecular formula is C15H21N3O2. The number of aryl methyl sites for hydroxylation is 1. The summed E-state index contributed by atoms with van der Waals surface area (Å²) in [6, 6.07) is 4.48. The molecule has 3 rings (SSSR count). The van der Waals surface area contributed by atoms with Crippen molar-refractivity contribution in [2.75, 3.05) is 18.4 Å². The van der Waals surface area contributed by atoms with Gasteiger partial charge in [-0.15, -0.1) is 0 Å². The van der Waals surface area contributed by atoms with Crippen LogP contribution in [0.5, 0.6) is 0 Å². The monoisotopic (exact) mass is 275 g/mol. The van der Waals surface area contributed by atoms with Gasteiger partial charge in [-0.05, 0) is 37.8 Å². The summed E-state index contributed by atoms with van der Waals surface area (Å²) in [6.07, 6.45) is 4.52. The van der Waals surface area contributed by atoms with Gasteiger partial charge in [-0.25, -0.2) is 9.78 Å². The first kappa shape index (κ1) is 13.4. The van der Waals surface area contributed by atoms with Gasteiger partial charge in [-0.3, -0.25) is 4.90 Å². The zero-order chi connectivity index (χ0) is 14.1. The zero-order valence-corrected chi connectivity index (χ0v) is 11.8. The molecule has 0 aromatic carbocycles. The Bertz CT molecular complexity index is 514. The number of pyridine rings is 1. The third kappa shape index (κ3) is 2.93. The number of carboxylic acids is 1. The topological polar surface area (TPSA) is 65.5 Å². The average Bonchev–Trinajstić information content (AvgIpc) is 3.19. The first-order valence-corrected chi connectivity index (χ1v) is 7.40. The van der Waals surface area contributed by atoms with E-state index in [0.717, 1.165) is 37.7 Å². The van der Waals surface area contributed by atoms with Crippen LogP contribution in [0.4, 0.5) is 5.82 Å². The maximum absolute atomic E-state index is 11.1. The van der Waals surface area contributed by atoms with Crippen molar-refractivity contribution in [3.05, 3.63) is 23.4 Å². The second-order valence-corrected chi connectivity index (χ2v) is 5.75. The number of carbonyl (C=O) groups is 1. The molecule has 2 aliphatic rings. The Balaban J connectivity index is 1.70. The number of likely N-dealkylation sites (tertiary alicyclic amines) is 1. The highest BCUT2D eigenvalue weighted by Crippen LogP contribution is 2.30. The van der Waals surface area contributed by atoms with E-state index in [4.69, 9.17) is 5.11 Å². The number of carboxylic acid groups (broad SMARTS) is 1. The highest BCUT2D eigenvalue weighted by molar-refractivity contribution is 5.88. The van der Waals surface area contributed by atoms with Gasteiger partial charge in [0.15, 0.2) is 0 Å². The molecule has 1 atom stereocenters. The number of nitrogens with one attached hydrogen (secondary N) is 1. The summed E-state index contributed by atoms with van der Waals surface area (Å²) < 4.78 is 0. The average molecular weight is 275 g/mol. The van der Waals surface area contributed by atoms with Crippen LogP contribution >= 0.6 is 0 Å². The van der Waals surface area contributed by atoms with Gasteiger partial charge in [0.25, 0.3) is 0 Å². The molecule has 2 heterocycles. The molecule has 0 amide bonds. The summed E-state index contributed by atoms with van der Waals surface area (Å²) >= 11 is 0. The molecule has 1 aromatic heterocycles. The van der Waals surface area contributed by atoms with Crippen LogP contribution in [0.25, 0.3) is 0 Å².